The molecule has 44 valence electrons. The number of hydrogen-bond donors (Lipinski definition) is 4. The minimum absolute atomic E-state index is 0.201. The Balaban J connectivity index is 3.15. The van der Waals surface area contributed by atoms with E-state index in [1.807, 2.05) is 0 Å². The third-order valence-electron chi connectivity index (χ3n) is 0.460. The zero-order chi connectivity index (χ0) is 5.91. The average molecular weight is 105 g/mol. The Kier molecular flexibility index (Phi) is 2.17. The maximum atomic E-state index is 8.65. The van der Waals surface area contributed by atoms with Gasteiger partial charge in [-0.1, -0.05) is 0 Å². The Labute approximate surface area is 42.5 Å². The predicted molar refractivity (Wildman–Crippen MR) is 27.0 cm³/mol. The molecule has 0 rings (SSSR count). The van der Waals surface area contributed by atoms with Crippen molar-refractivity contribution in [3.8, 4) is 0 Å². The van der Waals surface area contributed by atoms with Gasteiger partial charge >= 0.3 is 0 Å². The van der Waals surface area contributed by atoms with Gasteiger partial charge in [0.25, 0.3) is 0 Å². The lowest BCUT2D eigenvalue weighted by molar-refractivity contribution is 0.0671. The Bertz CT molecular complexity index is 48.6. The van der Waals surface area contributed by atoms with E-state index in [1.54, 1.807) is 0 Å². The maximum absolute atomic E-state index is 8.65. The fraction of sp³-hybridized carbons (Fsp3) is 1.00. The smallest absolute Gasteiger partial charge is 0.124 e. The highest BCUT2D eigenvalue weighted by atomic mass is 16.3. The Morgan fingerprint density at radius 2 is 2.29 bits per heavy atom. The van der Waals surface area contributed by atoms with Gasteiger partial charge in [0.2, 0.25) is 0 Å². The van der Waals surface area contributed by atoms with Crippen LogP contribution in [-0.2, 0) is 0 Å². The molecule has 0 aromatic rings. The van der Waals surface area contributed by atoms with Crippen LogP contribution in [-0.4, -0.2) is 17.4 Å². The van der Waals surface area contributed by atoms with Crippen molar-refractivity contribution in [1.29, 1.82) is 0 Å². The summed E-state index contributed by atoms with van der Waals surface area (Å²) in [7, 11) is 0. The quantitative estimate of drug-likeness (QED) is 0.188. The van der Waals surface area contributed by atoms with Crippen LogP contribution >= 0.6 is 0 Å². The van der Waals surface area contributed by atoms with Crippen molar-refractivity contribution >= 4 is 0 Å². The molecule has 0 aromatic carbocycles. The van der Waals surface area contributed by atoms with Gasteiger partial charge in [-0.15, -0.1) is 0 Å². The van der Waals surface area contributed by atoms with Crippen molar-refractivity contribution in [3.05, 3.63) is 0 Å². The summed E-state index contributed by atoms with van der Waals surface area (Å²) in [6, 6.07) is 0. The molecule has 0 amide bonds. The molecular weight excluding hydrogens is 94.1 g/mol. The molecule has 4 heteroatoms. The van der Waals surface area contributed by atoms with Crippen molar-refractivity contribution in [2.75, 3.05) is 6.54 Å². The summed E-state index contributed by atoms with van der Waals surface area (Å²) in [5, 5.41) is 8.65. The first kappa shape index (κ1) is 6.84. The summed E-state index contributed by atoms with van der Waals surface area (Å²) in [6.45, 7) is 1.67. The lowest BCUT2D eigenvalue weighted by Gasteiger charge is -2.14. The number of rotatable bonds is 2. The van der Waals surface area contributed by atoms with E-state index in [0.717, 1.165) is 0 Å². The normalized spacial score (nSPS) is 18.9. The zero-order valence-electron chi connectivity index (χ0n) is 4.31. The third kappa shape index (κ3) is 5.84. The van der Waals surface area contributed by atoms with Crippen LogP contribution in [0, 0.1) is 0 Å². The van der Waals surface area contributed by atoms with Crippen LogP contribution < -0.4 is 17.0 Å². The first-order valence-electron chi connectivity index (χ1n) is 2.01. The van der Waals surface area contributed by atoms with Gasteiger partial charge < -0.3 is 10.8 Å². The molecule has 7 heavy (non-hydrogen) atoms. The molecule has 6 N–H and O–H groups in total. The van der Waals surface area contributed by atoms with Crippen molar-refractivity contribution in [3.63, 3.8) is 0 Å². The molecule has 0 fully saturated rings. The number of aliphatic hydroxyl groups is 1. The summed E-state index contributed by atoms with van der Waals surface area (Å²) < 4.78 is 0. The van der Waals surface area contributed by atoms with E-state index in [2.05, 4.69) is 5.43 Å². The van der Waals surface area contributed by atoms with E-state index in [1.165, 1.54) is 6.92 Å². The fourth-order valence-corrected chi connectivity index (χ4v) is 0.207. The summed E-state index contributed by atoms with van der Waals surface area (Å²) in [6.07, 6.45) is 0. The van der Waals surface area contributed by atoms with Crippen molar-refractivity contribution in [1.82, 2.24) is 5.43 Å². The lowest BCUT2D eigenvalue weighted by Crippen LogP contribution is -2.47. The highest BCUT2D eigenvalue weighted by Crippen LogP contribution is 1.84. The van der Waals surface area contributed by atoms with Crippen LogP contribution in [0.4, 0.5) is 0 Å². The number of hydrogen-bond acceptors (Lipinski definition) is 4. The van der Waals surface area contributed by atoms with Gasteiger partial charge in [-0.3, -0.25) is 11.3 Å². The Morgan fingerprint density at radius 3 is 2.29 bits per heavy atom. The number of nitrogens with two attached hydrogens (primary N) is 2. The van der Waals surface area contributed by atoms with Crippen molar-refractivity contribution < 1.29 is 5.11 Å². The Morgan fingerprint density at radius 1 is 1.86 bits per heavy atom. The molecule has 1 atom stereocenters. The second-order valence-corrected chi connectivity index (χ2v) is 1.74. The molecule has 0 aliphatic rings. The maximum Gasteiger partial charge on any atom is 0.124 e. The summed E-state index contributed by atoms with van der Waals surface area (Å²) in [4.78, 5) is 0. The summed E-state index contributed by atoms with van der Waals surface area (Å²) >= 11 is 0. The van der Waals surface area contributed by atoms with E-state index in [9.17, 15) is 0 Å². The molecule has 0 spiro atoms. The minimum atomic E-state index is -1.19. The van der Waals surface area contributed by atoms with Crippen molar-refractivity contribution in [2.24, 2.45) is 11.6 Å². The first-order valence-corrected chi connectivity index (χ1v) is 2.01. The number of nitrogens with one attached hydrogen (secondary N) is 1. The van der Waals surface area contributed by atoms with Gasteiger partial charge in [0.15, 0.2) is 0 Å². The van der Waals surface area contributed by atoms with E-state index >= 15 is 0 Å². The standard InChI is InChI=1S/C3H11N3O/c1-3(4,7)2-6-5/h6-7H,2,4-5H2,1H3. The third-order valence-corrected chi connectivity index (χ3v) is 0.460. The van der Waals surface area contributed by atoms with E-state index in [-0.39, 0.29) is 6.54 Å². The topological polar surface area (TPSA) is 84.3 Å². The van der Waals surface area contributed by atoms with Crippen LogP contribution in [0.1, 0.15) is 6.92 Å². The van der Waals surface area contributed by atoms with Crippen LogP contribution in [0.25, 0.3) is 0 Å². The van der Waals surface area contributed by atoms with Gasteiger partial charge in [-0.2, -0.15) is 0 Å². The molecule has 0 saturated heterocycles. The second-order valence-electron chi connectivity index (χ2n) is 1.74. The lowest BCUT2D eigenvalue weighted by atomic mass is 10.3. The molecule has 0 aromatic heterocycles. The largest absolute Gasteiger partial charge is 0.375 e. The van der Waals surface area contributed by atoms with E-state index in [4.69, 9.17) is 16.7 Å². The van der Waals surface area contributed by atoms with E-state index < -0.39 is 5.72 Å². The highest BCUT2D eigenvalue weighted by molar-refractivity contribution is 4.62. The molecule has 1 unspecified atom stereocenters. The van der Waals surface area contributed by atoms with Gasteiger partial charge in [0.1, 0.15) is 5.72 Å². The first-order chi connectivity index (χ1) is 3.06. The fourth-order valence-electron chi connectivity index (χ4n) is 0.207. The molecule has 0 aliphatic heterocycles. The van der Waals surface area contributed by atoms with Crippen LogP contribution in [0.3, 0.4) is 0 Å². The van der Waals surface area contributed by atoms with Crippen LogP contribution in [0.2, 0.25) is 0 Å². The molecule has 4 nitrogen and oxygen atoms in total. The molecule has 0 heterocycles. The Hall–Kier alpha value is -0.160. The average Bonchev–Trinajstić information content (AvgIpc) is 1.30. The summed E-state index contributed by atoms with van der Waals surface area (Å²) in [5.74, 6) is 4.82. The van der Waals surface area contributed by atoms with E-state index in [0.29, 0.717) is 0 Å². The molecule has 0 bridgehead atoms. The van der Waals surface area contributed by atoms with Gasteiger partial charge in [0, 0.05) is 0 Å². The van der Waals surface area contributed by atoms with Crippen molar-refractivity contribution in [2.45, 2.75) is 12.6 Å². The van der Waals surface area contributed by atoms with Crippen LogP contribution in [0.5, 0.6) is 0 Å². The molecule has 0 aliphatic carbocycles. The second kappa shape index (κ2) is 2.23. The predicted octanol–water partition coefficient (Wildman–Crippen LogP) is -1.88. The molecule has 0 radical (unpaired) electrons. The van der Waals surface area contributed by atoms with Gasteiger partial charge in [0.05, 0.1) is 6.54 Å². The van der Waals surface area contributed by atoms with Crippen LogP contribution in [0.15, 0.2) is 0 Å². The number of hydrazine groups is 1. The monoisotopic (exact) mass is 105 g/mol. The highest BCUT2D eigenvalue weighted by Gasteiger charge is 2.09. The SMILES string of the molecule is CC(N)(O)CNN. The zero-order valence-corrected chi connectivity index (χ0v) is 4.31. The van der Waals surface area contributed by atoms with Gasteiger partial charge in [-0.05, 0) is 6.92 Å². The minimum Gasteiger partial charge on any atom is -0.375 e. The van der Waals surface area contributed by atoms with Gasteiger partial charge in [-0.25, -0.2) is 0 Å². The molecular formula is C3H11N3O. The summed E-state index contributed by atoms with van der Waals surface area (Å²) in [5.41, 5.74) is 6.11. The molecule has 0 saturated carbocycles.